The Kier molecular flexibility index (Phi) is 3.97. The summed E-state index contributed by atoms with van der Waals surface area (Å²) >= 11 is 0. The van der Waals surface area contributed by atoms with Gasteiger partial charge in [-0.15, -0.1) is 0 Å². The van der Waals surface area contributed by atoms with E-state index >= 15 is 0 Å². The predicted molar refractivity (Wildman–Crippen MR) is 71.8 cm³/mol. The first-order valence-corrected chi connectivity index (χ1v) is 5.80. The number of nitrogens with one attached hydrogen (secondary N) is 1. The minimum Gasteiger partial charge on any atom is -0.393 e. The molecule has 0 aliphatic rings. The van der Waals surface area contributed by atoms with Gasteiger partial charge >= 0.3 is 0 Å². The highest BCUT2D eigenvalue weighted by molar-refractivity contribution is 6.08. The van der Waals surface area contributed by atoms with Crippen LogP contribution in [0.15, 0.2) is 30.3 Å². The summed E-state index contributed by atoms with van der Waals surface area (Å²) in [5, 5.41) is 12.7. The molecule has 0 saturated carbocycles. The van der Waals surface area contributed by atoms with Crippen LogP contribution in [0, 0.1) is 27.6 Å². The highest BCUT2D eigenvalue weighted by Crippen LogP contribution is 2.26. The summed E-state index contributed by atoms with van der Waals surface area (Å²) in [5.74, 6) is -5.74. The fraction of sp³-hybridized carbons (Fsp3) is 0. The maximum atomic E-state index is 13.5. The molecule has 0 spiro atoms. The van der Waals surface area contributed by atoms with E-state index in [2.05, 4.69) is 0 Å². The average molecular weight is 311 g/mol. The van der Waals surface area contributed by atoms with Crippen LogP contribution >= 0.6 is 0 Å². The third-order valence-electron chi connectivity index (χ3n) is 2.81. The van der Waals surface area contributed by atoms with Crippen LogP contribution < -0.4 is 11.1 Å². The summed E-state index contributed by atoms with van der Waals surface area (Å²) in [4.78, 5) is 21.9. The first-order valence-electron chi connectivity index (χ1n) is 5.80. The van der Waals surface area contributed by atoms with Crippen LogP contribution in [0.2, 0.25) is 0 Å². The molecule has 3 N–H and O–H groups in total. The Morgan fingerprint density at radius 1 is 1.14 bits per heavy atom. The molecule has 0 bridgehead atoms. The molecule has 0 atom stereocenters. The van der Waals surface area contributed by atoms with Crippen LogP contribution in [0.4, 0.5) is 30.2 Å². The molecule has 2 aromatic rings. The molecule has 0 heterocycles. The molecule has 9 heteroatoms. The minimum absolute atomic E-state index is 0.293. The summed E-state index contributed by atoms with van der Waals surface area (Å²) < 4.78 is 39.4. The van der Waals surface area contributed by atoms with Crippen molar-refractivity contribution in [2.24, 2.45) is 0 Å². The average Bonchev–Trinajstić information content (AvgIpc) is 2.47. The number of benzene rings is 2. The SMILES string of the molecule is Nc1c(C(=O)Nc2ccc(F)c(F)c2F)cccc1[N+](=O)[O-]. The molecule has 1 amide bonds. The Bertz CT molecular complexity index is 781. The molecule has 0 aromatic heterocycles. The summed E-state index contributed by atoms with van der Waals surface area (Å²) in [6, 6.07) is 4.93. The van der Waals surface area contributed by atoms with Crippen molar-refractivity contribution in [3.63, 3.8) is 0 Å². The number of halogens is 3. The molecule has 0 radical (unpaired) electrons. The summed E-state index contributed by atoms with van der Waals surface area (Å²) in [6.45, 7) is 0. The zero-order valence-corrected chi connectivity index (χ0v) is 10.8. The van der Waals surface area contributed by atoms with Crippen molar-refractivity contribution in [2.45, 2.75) is 0 Å². The van der Waals surface area contributed by atoms with E-state index in [1.165, 1.54) is 12.1 Å². The quantitative estimate of drug-likeness (QED) is 0.394. The smallest absolute Gasteiger partial charge is 0.292 e. The topological polar surface area (TPSA) is 98.3 Å². The van der Waals surface area contributed by atoms with Gasteiger partial charge < -0.3 is 11.1 Å². The maximum Gasteiger partial charge on any atom is 0.292 e. The third kappa shape index (κ3) is 2.68. The standard InChI is InChI=1S/C13H8F3N3O3/c14-7-4-5-8(11(16)10(7)15)18-13(20)6-2-1-3-9(12(6)17)19(21)22/h1-5H,17H2,(H,18,20). The Hall–Kier alpha value is -3.10. The molecule has 2 rings (SSSR count). The van der Waals surface area contributed by atoms with Crippen LogP contribution in [0.3, 0.4) is 0 Å². The number of carbonyl (C=O) groups excluding carboxylic acids is 1. The number of nitrogens with two attached hydrogens (primary N) is 1. The van der Waals surface area contributed by atoms with Crippen LogP contribution in [0.5, 0.6) is 0 Å². The Labute approximate surface area is 121 Å². The first kappa shape index (κ1) is 15.3. The second-order valence-corrected chi connectivity index (χ2v) is 4.17. The van der Waals surface area contributed by atoms with Crippen LogP contribution in [-0.4, -0.2) is 10.8 Å². The van der Waals surface area contributed by atoms with Crippen LogP contribution in [0.25, 0.3) is 0 Å². The van der Waals surface area contributed by atoms with E-state index in [9.17, 15) is 28.1 Å². The second kappa shape index (κ2) is 5.72. The molecule has 6 nitrogen and oxygen atoms in total. The number of nitrogens with zero attached hydrogens (tertiary/aromatic N) is 1. The van der Waals surface area contributed by atoms with Gasteiger partial charge in [-0.3, -0.25) is 14.9 Å². The van der Waals surface area contributed by atoms with E-state index < -0.39 is 45.3 Å². The van der Waals surface area contributed by atoms with Gasteiger partial charge in [-0.25, -0.2) is 13.2 Å². The van der Waals surface area contributed by atoms with Crippen molar-refractivity contribution in [1.29, 1.82) is 0 Å². The number of anilines is 2. The molecule has 0 unspecified atom stereocenters. The Morgan fingerprint density at radius 2 is 1.82 bits per heavy atom. The Morgan fingerprint density at radius 3 is 2.45 bits per heavy atom. The van der Waals surface area contributed by atoms with Crippen molar-refractivity contribution < 1.29 is 22.9 Å². The summed E-state index contributed by atoms with van der Waals surface area (Å²) in [5.41, 5.74) is 3.67. The van der Waals surface area contributed by atoms with E-state index in [0.717, 1.165) is 12.1 Å². The number of nitrogen functional groups attached to an aromatic ring is 1. The van der Waals surface area contributed by atoms with E-state index in [-0.39, 0.29) is 5.56 Å². The number of nitro groups is 1. The number of rotatable bonds is 3. The van der Waals surface area contributed by atoms with E-state index in [1.54, 1.807) is 0 Å². The lowest BCUT2D eigenvalue weighted by Gasteiger charge is -2.09. The van der Waals surface area contributed by atoms with Gasteiger partial charge in [0.25, 0.3) is 11.6 Å². The largest absolute Gasteiger partial charge is 0.393 e. The molecular formula is C13H8F3N3O3. The lowest BCUT2D eigenvalue weighted by Crippen LogP contribution is -2.16. The zero-order chi connectivity index (χ0) is 16.4. The number of para-hydroxylation sites is 1. The highest BCUT2D eigenvalue weighted by Gasteiger charge is 2.21. The number of hydrogen-bond acceptors (Lipinski definition) is 4. The number of carbonyl (C=O) groups is 1. The third-order valence-corrected chi connectivity index (χ3v) is 2.81. The molecule has 0 fully saturated rings. The van der Waals surface area contributed by atoms with Gasteiger partial charge in [0.1, 0.15) is 5.69 Å². The van der Waals surface area contributed by atoms with Crippen molar-refractivity contribution >= 4 is 23.0 Å². The van der Waals surface area contributed by atoms with Gasteiger partial charge in [0.05, 0.1) is 16.2 Å². The van der Waals surface area contributed by atoms with Crippen molar-refractivity contribution in [2.75, 3.05) is 11.1 Å². The number of hydrogen-bond donors (Lipinski definition) is 2. The van der Waals surface area contributed by atoms with Gasteiger partial charge in [0, 0.05) is 6.07 Å². The van der Waals surface area contributed by atoms with Crippen LogP contribution in [0.1, 0.15) is 10.4 Å². The molecule has 22 heavy (non-hydrogen) atoms. The second-order valence-electron chi connectivity index (χ2n) is 4.17. The van der Waals surface area contributed by atoms with Crippen LogP contribution in [-0.2, 0) is 0 Å². The van der Waals surface area contributed by atoms with Gasteiger partial charge in [0.2, 0.25) is 0 Å². The van der Waals surface area contributed by atoms with Crippen molar-refractivity contribution in [1.82, 2.24) is 0 Å². The summed E-state index contributed by atoms with van der Waals surface area (Å²) in [6.07, 6.45) is 0. The van der Waals surface area contributed by atoms with Gasteiger partial charge in [-0.05, 0) is 18.2 Å². The molecule has 0 saturated heterocycles. The zero-order valence-electron chi connectivity index (χ0n) is 10.8. The lowest BCUT2D eigenvalue weighted by molar-refractivity contribution is -0.383. The monoisotopic (exact) mass is 311 g/mol. The van der Waals surface area contributed by atoms with E-state index in [4.69, 9.17) is 5.73 Å². The normalized spacial score (nSPS) is 10.3. The highest BCUT2D eigenvalue weighted by atomic mass is 19.2. The fourth-order valence-corrected chi connectivity index (χ4v) is 1.72. The maximum absolute atomic E-state index is 13.5. The fourth-order valence-electron chi connectivity index (χ4n) is 1.72. The van der Waals surface area contributed by atoms with E-state index in [1.807, 2.05) is 5.32 Å². The first-order chi connectivity index (χ1) is 10.3. The van der Waals surface area contributed by atoms with Gasteiger partial charge in [-0.2, -0.15) is 0 Å². The molecular weight excluding hydrogens is 303 g/mol. The number of nitro benzene ring substituents is 1. The molecule has 114 valence electrons. The molecule has 0 aliphatic carbocycles. The molecule has 0 aliphatic heterocycles. The Balaban J connectivity index is 2.37. The van der Waals surface area contributed by atoms with Crippen molar-refractivity contribution in [3.8, 4) is 0 Å². The van der Waals surface area contributed by atoms with Gasteiger partial charge in [-0.1, -0.05) is 6.07 Å². The molecule has 2 aromatic carbocycles. The number of amides is 1. The van der Waals surface area contributed by atoms with Crippen molar-refractivity contribution in [3.05, 3.63) is 63.5 Å². The lowest BCUT2D eigenvalue weighted by atomic mass is 10.1. The van der Waals surface area contributed by atoms with E-state index in [0.29, 0.717) is 6.07 Å². The van der Waals surface area contributed by atoms with Gasteiger partial charge in [0.15, 0.2) is 17.5 Å². The predicted octanol–water partition coefficient (Wildman–Crippen LogP) is 2.85. The summed E-state index contributed by atoms with van der Waals surface area (Å²) in [7, 11) is 0. The minimum atomic E-state index is -1.75.